The van der Waals surface area contributed by atoms with Crippen molar-refractivity contribution in [1.82, 2.24) is 10.2 Å². The van der Waals surface area contributed by atoms with Crippen molar-refractivity contribution in [2.45, 2.75) is 64.1 Å². The molecule has 1 aliphatic heterocycles. The monoisotopic (exact) mass is 370 g/mol. The van der Waals surface area contributed by atoms with Crippen molar-refractivity contribution in [1.29, 1.82) is 0 Å². The predicted octanol–water partition coefficient (Wildman–Crippen LogP) is 4.64. The first-order valence-electron chi connectivity index (χ1n) is 8.31. The second-order valence-electron chi connectivity index (χ2n) is 7.13. The standard InChI is InChI=1S/C17H27BrN2S/c1-13(2)15-10-19-17(7-4-3-5-8-17)12-20(15)11-16-14(18)6-9-21-16/h6,9,13,15,19H,3-5,7-8,10-12H2,1-2H3. The molecule has 2 fully saturated rings. The Balaban J connectivity index is 1.76. The summed E-state index contributed by atoms with van der Waals surface area (Å²) in [4.78, 5) is 4.23. The minimum atomic E-state index is 0.396. The van der Waals surface area contributed by atoms with Crippen molar-refractivity contribution in [3.05, 3.63) is 20.8 Å². The summed E-state index contributed by atoms with van der Waals surface area (Å²) in [5.41, 5.74) is 0.396. The third-order valence-corrected chi connectivity index (χ3v) is 7.19. The zero-order chi connectivity index (χ0) is 14.9. The minimum absolute atomic E-state index is 0.396. The lowest BCUT2D eigenvalue weighted by atomic mass is 9.78. The summed E-state index contributed by atoms with van der Waals surface area (Å²) >= 11 is 5.59. The summed E-state index contributed by atoms with van der Waals surface area (Å²) in [6.45, 7) is 8.20. The molecule has 4 heteroatoms. The number of hydrogen-bond donors (Lipinski definition) is 1. The highest BCUT2D eigenvalue weighted by Crippen LogP contribution is 2.35. The van der Waals surface area contributed by atoms with Crippen LogP contribution in [0.1, 0.15) is 50.8 Å². The molecule has 0 bridgehead atoms. The second-order valence-corrected chi connectivity index (χ2v) is 8.98. The van der Waals surface area contributed by atoms with Gasteiger partial charge in [-0.3, -0.25) is 4.90 Å². The number of thiophene rings is 1. The van der Waals surface area contributed by atoms with Crippen LogP contribution >= 0.6 is 27.3 Å². The molecule has 1 aromatic heterocycles. The molecule has 0 amide bonds. The van der Waals surface area contributed by atoms with Crippen LogP contribution < -0.4 is 5.32 Å². The summed E-state index contributed by atoms with van der Waals surface area (Å²) in [7, 11) is 0. The van der Waals surface area contributed by atoms with Gasteiger partial charge in [-0.1, -0.05) is 33.1 Å². The molecule has 0 radical (unpaired) electrons. The van der Waals surface area contributed by atoms with E-state index in [4.69, 9.17) is 0 Å². The highest BCUT2D eigenvalue weighted by molar-refractivity contribution is 9.10. The number of piperazine rings is 1. The van der Waals surface area contributed by atoms with Gasteiger partial charge in [0, 0.05) is 40.6 Å². The van der Waals surface area contributed by atoms with E-state index < -0.39 is 0 Å². The Morgan fingerprint density at radius 3 is 2.76 bits per heavy atom. The average molecular weight is 371 g/mol. The van der Waals surface area contributed by atoms with Crippen LogP contribution in [0.3, 0.4) is 0 Å². The van der Waals surface area contributed by atoms with Crippen LogP contribution in [-0.2, 0) is 6.54 Å². The first-order chi connectivity index (χ1) is 10.1. The fraction of sp³-hybridized carbons (Fsp3) is 0.765. The molecule has 2 heterocycles. The van der Waals surface area contributed by atoms with Gasteiger partial charge in [0.05, 0.1) is 0 Å². The summed E-state index contributed by atoms with van der Waals surface area (Å²) < 4.78 is 1.28. The summed E-state index contributed by atoms with van der Waals surface area (Å²) in [6.07, 6.45) is 6.94. The lowest BCUT2D eigenvalue weighted by Gasteiger charge is -2.51. The smallest absolute Gasteiger partial charge is 0.0343 e. The highest BCUT2D eigenvalue weighted by atomic mass is 79.9. The summed E-state index contributed by atoms with van der Waals surface area (Å²) in [5.74, 6) is 0.706. The quantitative estimate of drug-likeness (QED) is 0.833. The number of rotatable bonds is 3. The van der Waals surface area contributed by atoms with Crippen molar-refractivity contribution in [3.8, 4) is 0 Å². The van der Waals surface area contributed by atoms with Crippen LogP contribution in [0.15, 0.2) is 15.9 Å². The van der Waals surface area contributed by atoms with E-state index in [-0.39, 0.29) is 0 Å². The van der Waals surface area contributed by atoms with Gasteiger partial charge >= 0.3 is 0 Å². The number of halogens is 1. The summed E-state index contributed by atoms with van der Waals surface area (Å²) in [6, 6.07) is 2.84. The van der Waals surface area contributed by atoms with Gasteiger partial charge in [-0.15, -0.1) is 11.3 Å². The van der Waals surface area contributed by atoms with Crippen LogP contribution in [-0.4, -0.2) is 29.6 Å². The third kappa shape index (κ3) is 3.54. The molecule has 1 spiro atoms. The van der Waals surface area contributed by atoms with E-state index in [9.17, 15) is 0 Å². The second kappa shape index (κ2) is 6.69. The van der Waals surface area contributed by atoms with Crippen LogP contribution in [0.4, 0.5) is 0 Å². The van der Waals surface area contributed by atoms with Gasteiger partial charge in [-0.2, -0.15) is 0 Å². The van der Waals surface area contributed by atoms with E-state index in [1.165, 1.54) is 48.0 Å². The number of nitrogens with one attached hydrogen (secondary N) is 1. The normalized spacial score (nSPS) is 26.6. The van der Waals surface area contributed by atoms with Crippen LogP contribution in [0.5, 0.6) is 0 Å². The maximum Gasteiger partial charge on any atom is 0.0343 e. The molecule has 118 valence electrons. The van der Waals surface area contributed by atoms with Gasteiger partial charge in [0.2, 0.25) is 0 Å². The molecule has 3 rings (SSSR count). The summed E-state index contributed by atoms with van der Waals surface area (Å²) in [5, 5.41) is 6.14. The highest BCUT2D eigenvalue weighted by Gasteiger charge is 2.40. The van der Waals surface area contributed by atoms with Crippen molar-refractivity contribution in [2.75, 3.05) is 13.1 Å². The minimum Gasteiger partial charge on any atom is -0.308 e. The average Bonchev–Trinajstić information content (AvgIpc) is 2.85. The number of hydrogen-bond acceptors (Lipinski definition) is 3. The first-order valence-corrected chi connectivity index (χ1v) is 9.98. The fourth-order valence-corrected chi connectivity index (χ4v) is 5.53. The molecule has 1 atom stereocenters. The Hall–Kier alpha value is 0.100. The Bertz CT molecular complexity index is 465. The van der Waals surface area contributed by atoms with Crippen molar-refractivity contribution < 1.29 is 0 Å². The fourth-order valence-electron chi connectivity index (χ4n) is 4.03. The van der Waals surface area contributed by atoms with Crippen LogP contribution in [0.25, 0.3) is 0 Å². The van der Waals surface area contributed by atoms with Crippen molar-refractivity contribution in [2.24, 2.45) is 5.92 Å². The van der Waals surface area contributed by atoms with Crippen LogP contribution in [0.2, 0.25) is 0 Å². The van der Waals surface area contributed by atoms with Gasteiger partial charge in [0.1, 0.15) is 0 Å². The SMILES string of the molecule is CC(C)C1CNC2(CCCCC2)CN1Cc1sccc1Br. The Labute approximate surface area is 141 Å². The van der Waals surface area contributed by atoms with E-state index in [2.05, 4.69) is 51.4 Å². The molecule has 1 saturated carbocycles. The Kier molecular flexibility index (Phi) is 5.09. The first kappa shape index (κ1) is 16.0. The molecule has 1 aliphatic carbocycles. The predicted molar refractivity (Wildman–Crippen MR) is 94.9 cm³/mol. The van der Waals surface area contributed by atoms with Gasteiger partial charge in [-0.25, -0.2) is 0 Å². The molecule has 1 aromatic rings. The molecule has 1 unspecified atom stereocenters. The third-order valence-electron chi connectivity index (χ3n) is 5.28. The zero-order valence-corrected chi connectivity index (χ0v) is 15.6. The molecule has 2 aliphatic rings. The van der Waals surface area contributed by atoms with Crippen molar-refractivity contribution >= 4 is 27.3 Å². The van der Waals surface area contributed by atoms with E-state index >= 15 is 0 Å². The molecule has 1 saturated heterocycles. The number of nitrogens with zero attached hydrogens (tertiary/aromatic N) is 1. The van der Waals surface area contributed by atoms with Gasteiger partial charge < -0.3 is 5.32 Å². The van der Waals surface area contributed by atoms with E-state index in [1.54, 1.807) is 0 Å². The van der Waals surface area contributed by atoms with Crippen LogP contribution in [0, 0.1) is 5.92 Å². The molecule has 2 nitrogen and oxygen atoms in total. The molecule has 1 N–H and O–H groups in total. The van der Waals surface area contributed by atoms with E-state index in [1.807, 2.05) is 11.3 Å². The zero-order valence-electron chi connectivity index (χ0n) is 13.2. The molecule has 0 aromatic carbocycles. The maximum atomic E-state index is 3.94. The van der Waals surface area contributed by atoms with Gasteiger partial charge in [-0.05, 0) is 46.1 Å². The largest absolute Gasteiger partial charge is 0.308 e. The Morgan fingerprint density at radius 1 is 1.38 bits per heavy atom. The maximum absolute atomic E-state index is 3.94. The van der Waals surface area contributed by atoms with Crippen molar-refractivity contribution in [3.63, 3.8) is 0 Å². The van der Waals surface area contributed by atoms with E-state index in [0.29, 0.717) is 17.5 Å². The van der Waals surface area contributed by atoms with Gasteiger partial charge in [0.15, 0.2) is 0 Å². The molecular formula is C17H27BrN2S. The lowest BCUT2D eigenvalue weighted by Crippen LogP contribution is -2.65. The Morgan fingerprint density at radius 2 is 2.14 bits per heavy atom. The lowest BCUT2D eigenvalue weighted by molar-refractivity contribution is 0.0315. The van der Waals surface area contributed by atoms with E-state index in [0.717, 1.165) is 13.1 Å². The molecule has 21 heavy (non-hydrogen) atoms. The topological polar surface area (TPSA) is 15.3 Å². The molecular weight excluding hydrogens is 344 g/mol. The van der Waals surface area contributed by atoms with Gasteiger partial charge in [0.25, 0.3) is 0 Å².